The molecule has 1 unspecified atom stereocenters. The second-order valence-electron chi connectivity index (χ2n) is 5.21. The van der Waals surface area contributed by atoms with Gasteiger partial charge in [0.25, 0.3) is 0 Å². The molecule has 4 heteroatoms. The average molecular weight is 264 g/mol. The van der Waals surface area contributed by atoms with E-state index in [2.05, 4.69) is 24.5 Å². The predicted molar refractivity (Wildman–Crippen MR) is 78.2 cm³/mol. The van der Waals surface area contributed by atoms with E-state index in [1.165, 1.54) is 0 Å². The van der Waals surface area contributed by atoms with Crippen molar-refractivity contribution in [3.8, 4) is 0 Å². The number of hydrogen-bond donors (Lipinski definition) is 3. The molecule has 0 saturated carbocycles. The lowest BCUT2D eigenvalue weighted by molar-refractivity contribution is 0.199. The summed E-state index contributed by atoms with van der Waals surface area (Å²) >= 11 is 0. The number of carbonyl (C=O) groups is 1. The van der Waals surface area contributed by atoms with E-state index in [0.29, 0.717) is 12.5 Å². The topological polar surface area (TPSA) is 61.4 Å². The molecule has 19 heavy (non-hydrogen) atoms. The van der Waals surface area contributed by atoms with Crippen molar-refractivity contribution >= 4 is 11.7 Å². The number of carbonyl (C=O) groups excluding carboxylic acids is 1. The van der Waals surface area contributed by atoms with Gasteiger partial charge in [0.1, 0.15) is 0 Å². The first-order chi connectivity index (χ1) is 8.99. The second-order valence-corrected chi connectivity index (χ2v) is 5.21. The quantitative estimate of drug-likeness (QED) is 0.690. The lowest BCUT2D eigenvalue weighted by Crippen LogP contribution is -2.29. The lowest BCUT2D eigenvalue weighted by atomic mass is 10.1. The van der Waals surface area contributed by atoms with E-state index in [1.807, 2.05) is 0 Å². The number of anilines is 1. The minimum atomic E-state index is -0.487. The standard InChI is InChI=1S/C15H24N2O2/c1-11(2)5-4-10-16-15(19)17-14-8-6-13(7-9-14)12(3)18/h6-9,11-12,18H,4-5,10H2,1-3H3,(H2,16,17,19). The Hall–Kier alpha value is -1.55. The monoisotopic (exact) mass is 264 g/mol. The van der Waals surface area contributed by atoms with Crippen LogP contribution in [0, 0.1) is 5.92 Å². The van der Waals surface area contributed by atoms with Crippen LogP contribution in [0.1, 0.15) is 45.3 Å². The Labute approximate surface area is 115 Å². The van der Waals surface area contributed by atoms with Gasteiger partial charge in [-0.25, -0.2) is 4.79 Å². The molecule has 0 aliphatic rings. The normalized spacial score (nSPS) is 12.3. The first kappa shape index (κ1) is 15.5. The Morgan fingerprint density at radius 3 is 2.37 bits per heavy atom. The molecule has 1 rings (SSSR count). The van der Waals surface area contributed by atoms with Crippen LogP contribution in [0.5, 0.6) is 0 Å². The molecular weight excluding hydrogens is 240 g/mol. The first-order valence-electron chi connectivity index (χ1n) is 6.82. The lowest BCUT2D eigenvalue weighted by Gasteiger charge is -2.10. The molecule has 4 nitrogen and oxygen atoms in total. The maximum atomic E-state index is 11.6. The van der Waals surface area contributed by atoms with Gasteiger partial charge in [0.15, 0.2) is 0 Å². The van der Waals surface area contributed by atoms with Crippen molar-refractivity contribution in [1.82, 2.24) is 5.32 Å². The van der Waals surface area contributed by atoms with Gasteiger partial charge in [0, 0.05) is 12.2 Å². The van der Waals surface area contributed by atoms with Gasteiger partial charge < -0.3 is 15.7 Å². The second kappa shape index (κ2) is 7.79. The highest BCUT2D eigenvalue weighted by molar-refractivity contribution is 5.89. The van der Waals surface area contributed by atoms with Crippen LogP contribution in [0.25, 0.3) is 0 Å². The summed E-state index contributed by atoms with van der Waals surface area (Å²) in [5.41, 5.74) is 1.56. The zero-order chi connectivity index (χ0) is 14.3. The molecule has 1 aromatic rings. The van der Waals surface area contributed by atoms with Crippen molar-refractivity contribution in [2.45, 2.75) is 39.7 Å². The largest absolute Gasteiger partial charge is 0.389 e. The van der Waals surface area contributed by atoms with Gasteiger partial charge in [-0.05, 0) is 43.4 Å². The van der Waals surface area contributed by atoms with E-state index in [-0.39, 0.29) is 6.03 Å². The van der Waals surface area contributed by atoms with Crippen molar-refractivity contribution in [3.63, 3.8) is 0 Å². The number of nitrogens with one attached hydrogen (secondary N) is 2. The summed E-state index contributed by atoms with van der Waals surface area (Å²) < 4.78 is 0. The number of urea groups is 1. The Bertz CT molecular complexity index is 386. The van der Waals surface area contributed by atoms with Crippen LogP contribution in [0.4, 0.5) is 10.5 Å². The van der Waals surface area contributed by atoms with Crippen molar-refractivity contribution in [3.05, 3.63) is 29.8 Å². The summed E-state index contributed by atoms with van der Waals surface area (Å²) in [6.07, 6.45) is 1.62. The molecule has 0 aliphatic heterocycles. The van der Waals surface area contributed by atoms with Crippen LogP contribution in [0.2, 0.25) is 0 Å². The minimum Gasteiger partial charge on any atom is -0.389 e. The van der Waals surface area contributed by atoms with E-state index in [0.717, 1.165) is 24.1 Å². The van der Waals surface area contributed by atoms with Crippen molar-refractivity contribution in [1.29, 1.82) is 0 Å². The molecule has 1 aromatic carbocycles. The fourth-order valence-corrected chi connectivity index (χ4v) is 1.73. The Morgan fingerprint density at radius 2 is 1.84 bits per heavy atom. The molecule has 0 heterocycles. The fraction of sp³-hybridized carbons (Fsp3) is 0.533. The highest BCUT2D eigenvalue weighted by atomic mass is 16.3. The fourth-order valence-electron chi connectivity index (χ4n) is 1.73. The van der Waals surface area contributed by atoms with E-state index in [9.17, 15) is 9.90 Å². The number of rotatable bonds is 6. The van der Waals surface area contributed by atoms with Crippen LogP contribution in [-0.2, 0) is 0 Å². The third-order valence-corrected chi connectivity index (χ3v) is 2.89. The molecule has 2 amide bonds. The molecule has 0 radical (unpaired) electrons. The number of amides is 2. The summed E-state index contributed by atoms with van der Waals surface area (Å²) in [4.78, 5) is 11.6. The van der Waals surface area contributed by atoms with Gasteiger partial charge in [-0.3, -0.25) is 0 Å². The number of hydrogen-bond acceptors (Lipinski definition) is 2. The molecule has 1 atom stereocenters. The number of benzene rings is 1. The number of aliphatic hydroxyl groups excluding tert-OH is 1. The smallest absolute Gasteiger partial charge is 0.319 e. The maximum Gasteiger partial charge on any atom is 0.319 e. The van der Waals surface area contributed by atoms with Crippen LogP contribution >= 0.6 is 0 Å². The Morgan fingerprint density at radius 1 is 1.21 bits per heavy atom. The average Bonchev–Trinajstić information content (AvgIpc) is 2.35. The van der Waals surface area contributed by atoms with Crippen LogP contribution in [0.3, 0.4) is 0 Å². The van der Waals surface area contributed by atoms with Gasteiger partial charge >= 0.3 is 6.03 Å². The first-order valence-corrected chi connectivity index (χ1v) is 6.82. The summed E-state index contributed by atoms with van der Waals surface area (Å²) in [6, 6.07) is 7.00. The van der Waals surface area contributed by atoms with Gasteiger partial charge in [0.05, 0.1) is 6.10 Å². The third-order valence-electron chi connectivity index (χ3n) is 2.89. The van der Waals surface area contributed by atoms with Crippen LogP contribution in [-0.4, -0.2) is 17.7 Å². The zero-order valence-electron chi connectivity index (χ0n) is 11.9. The van der Waals surface area contributed by atoms with E-state index in [1.54, 1.807) is 31.2 Å². The summed E-state index contributed by atoms with van der Waals surface area (Å²) in [7, 11) is 0. The van der Waals surface area contributed by atoms with Gasteiger partial charge in [-0.1, -0.05) is 26.0 Å². The molecule has 0 fully saturated rings. The maximum absolute atomic E-state index is 11.6. The zero-order valence-corrected chi connectivity index (χ0v) is 11.9. The van der Waals surface area contributed by atoms with Crippen molar-refractivity contribution in [2.75, 3.05) is 11.9 Å². The summed E-state index contributed by atoms with van der Waals surface area (Å²) in [6.45, 7) is 6.74. The predicted octanol–water partition coefficient (Wildman–Crippen LogP) is 3.30. The SMILES string of the molecule is CC(C)CCCNC(=O)Nc1ccc(C(C)O)cc1. The molecule has 3 N–H and O–H groups in total. The highest BCUT2D eigenvalue weighted by Gasteiger charge is 2.03. The molecule has 106 valence electrons. The third kappa shape index (κ3) is 6.25. The van der Waals surface area contributed by atoms with Crippen LogP contribution in [0.15, 0.2) is 24.3 Å². The molecule has 0 spiro atoms. The van der Waals surface area contributed by atoms with Crippen molar-refractivity contribution < 1.29 is 9.90 Å². The Balaban J connectivity index is 2.32. The van der Waals surface area contributed by atoms with E-state index < -0.39 is 6.10 Å². The summed E-state index contributed by atoms with van der Waals surface area (Å²) in [5.74, 6) is 0.665. The van der Waals surface area contributed by atoms with Gasteiger partial charge in [0.2, 0.25) is 0 Å². The molecule has 0 saturated heterocycles. The van der Waals surface area contributed by atoms with E-state index >= 15 is 0 Å². The highest BCUT2D eigenvalue weighted by Crippen LogP contribution is 2.15. The minimum absolute atomic E-state index is 0.187. The van der Waals surface area contributed by atoms with Crippen LogP contribution < -0.4 is 10.6 Å². The molecule has 0 aliphatic carbocycles. The van der Waals surface area contributed by atoms with E-state index in [4.69, 9.17) is 0 Å². The molecule has 0 bridgehead atoms. The Kier molecular flexibility index (Phi) is 6.36. The molecular formula is C15H24N2O2. The molecule has 0 aromatic heterocycles. The number of aliphatic hydroxyl groups is 1. The van der Waals surface area contributed by atoms with Gasteiger partial charge in [-0.2, -0.15) is 0 Å². The van der Waals surface area contributed by atoms with Crippen molar-refractivity contribution in [2.24, 2.45) is 5.92 Å². The van der Waals surface area contributed by atoms with Gasteiger partial charge in [-0.15, -0.1) is 0 Å². The summed E-state index contributed by atoms with van der Waals surface area (Å²) in [5, 5.41) is 15.0.